The number of benzene rings is 1. The van der Waals surface area contributed by atoms with Crippen LogP contribution in [0.3, 0.4) is 0 Å². The number of hydrogen-bond donors (Lipinski definition) is 4. The second-order valence-electron chi connectivity index (χ2n) is 23.3. The van der Waals surface area contributed by atoms with Gasteiger partial charge in [0.2, 0.25) is 11.8 Å². The molecule has 9 heterocycles. The van der Waals surface area contributed by atoms with Crippen molar-refractivity contribution in [2.45, 2.75) is 130 Å². The van der Waals surface area contributed by atoms with Crippen molar-refractivity contribution in [1.82, 2.24) is 34.2 Å². The molecule has 3 saturated heterocycles. The third-order valence-electron chi connectivity index (χ3n) is 16.7. The summed E-state index contributed by atoms with van der Waals surface area (Å²) in [6, 6.07) is 13.3. The van der Waals surface area contributed by atoms with Gasteiger partial charge in [-0.1, -0.05) is 13.8 Å². The molecule has 6 aliphatic rings. The number of phosphoric acid groups is 1. The van der Waals surface area contributed by atoms with E-state index in [4.69, 9.17) is 18.8 Å². The SMILES string of the molecule is [2H]C([2H])([2H])Oc1ncc(-c2ccnc(N3CCn4c(cc5c4CC(C)(C)C5)C3=O)c2C(C)(C)O)cc1Nc1ccc(N2CCN(C3CCN(c4ccc5c(c4)C(=O)N([C@H]4CCC(=O)N(C(C)OP(=O)(O)O)C4=O)C5=O)[C@@H](C)C3)C[C@@H]2C)cn1. The number of likely N-dealkylation sites (tertiary alicyclic amines) is 1. The van der Waals surface area contributed by atoms with E-state index in [0.29, 0.717) is 58.6 Å². The van der Waals surface area contributed by atoms with E-state index >= 15 is 0 Å². The van der Waals surface area contributed by atoms with Gasteiger partial charge in [-0.3, -0.25) is 48.1 Å². The number of hydrogen-bond acceptors (Lipinski definition) is 16. The molecule has 0 saturated carbocycles. The quantitative estimate of drug-likeness (QED) is 0.0751. The van der Waals surface area contributed by atoms with Crippen molar-refractivity contribution in [3.63, 3.8) is 0 Å². The van der Waals surface area contributed by atoms with Crippen LogP contribution in [0.2, 0.25) is 0 Å². The number of phosphoric ester groups is 1. The summed E-state index contributed by atoms with van der Waals surface area (Å²) in [4.78, 5) is 111. The van der Waals surface area contributed by atoms with Gasteiger partial charge < -0.3 is 39.3 Å². The highest BCUT2D eigenvalue weighted by atomic mass is 31.2. The van der Waals surface area contributed by atoms with Gasteiger partial charge in [-0.15, -0.1) is 0 Å². The number of carbonyl (C=O) groups is 5. The van der Waals surface area contributed by atoms with Crippen LogP contribution in [0.4, 0.5) is 28.7 Å². The molecule has 2 unspecified atom stereocenters. The molecule has 0 spiro atoms. The molecule has 80 heavy (non-hydrogen) atoms. The van der Waals surface area contributed by atoms with Crippen LogP contribution < -0.4 is 24.8 Å². The molecule has 1 aromatic carbocycles. The number of amides is 5. The number of carbonyl (C=O) groups excluding carboxylic acids is 5. The van der Waals surface area contributed by atoms with Crippen LogP contribution >= 0.6 is 7.82 Å². The van der Waals surface area contributed by atoms with E-state index in [1.54, 1.807) is 67.5 Å². The van der Waals surface area contributed by atoms with E-state index in [9.17, 15) is 43.4 Å². The summed E-state index contributed by atoms with van der Waals surface area (Å²) >= 11 is 0. The van der Waals surface area contributed by atoms with Crippen molar-refractivity contribution in [2.24, 2.45) is 5.41 Å². The Morgan fingerprint density at radius 1 is 0.838 bits per heavy atom. The molecular weight excluding hydrogens is 1050 g/mol. The summed E-state index contributed by atoms with van der Waals surface area (Å²) in [7, 11) is -7.91. The van der Waals surface area contributed by atoms with Crippen molar-refractivity contribution in [2.75, 3.05) is 59.8 Å². The van der Waals surface area contributed by atoms with Gasteiger partial charge in [0.05, 0.1) is 39.8 Å². The van der Waals surface area contributed by atoms with Crippen LogP contribution in [0, 0.1) is 5.41 Å². The maximum absolute atomic E-state index is 14.3. The average molecular weight is 1120 g/mol. The van der Waals surface area contributed by atoms with Crippen LogP contribution in [0.1, 0.15) is 126 Å². The van der Waals surface area contributed by atoms with Gasteiger partial charge in [-0.2, -0.15) is 0 Å². The molecule has 0 radical (unpaired) electrons. The minimum Gasteiger partial charge on any atom is -0.480 e. The Morgan fingerprint density at radius 3 is 2.31 bits per heavy atom. The van der Waals surface area contributed by atoms with Gasteiger partial charge >= 0.3 is 7.82 Å². The number of nitrogens with one attached hydrogen (secondary N) is 1. The molecule has 5 aliphatic heterocycles. The first kappa shape index (κ1) is 51.1. The monoisotopic (exact) mass is 1120 g/mol. The van der Waals surface area contributed by atoms with Gasteiger partial charge in [0.1, 0.15) is 35.3 Å². The third kappa shape index (κ3) is 10.0. The molecule has 22 nitrogen and oxygen atoms in total. The Morgan fingerprint density at radius 2 is 1.60 bits per heavy atom. The predicted molar refractivity (Wildman–Crippen MR) is 297 cm³/mol. The van der Waals surface area contributed by atoms with Gasteiger partial charge in [0, 0.05) is 98.7 Å². The number of aromatic nitrogens is 4. The molecule has 1 aliphatic carbocycles. The summed E-state index contributed by atoms with van der Waals surface area (Å²) in [5.74, 6) is -2.75. The zero-order valence-corrected chi connectivity index (χ0v) is 46.6. The number of nitrogens with zero attached hydrogens (tertiary/aromatic N) is 10. The summed E-state index contributed by atoms with van der Waals surface area (Å²) < 4.78 is 47.4. The van der Waals surface area contributed by atoms with Gasteiger partial charge in [0.25, 0.3) is 23.6 Å². The Balaban J connectivity index is 0.744. The molecule has 4 aromatic heterocycles. The summed E-state index contributed by atoms with van der Waals surface area (Å²) in [5, 5.41) is 15.0. The van der Waals surface area contributed by atoms with E-state index in [1.807, 2.05) is 12.1 Å². The van der Waals surface area contributed by atoms with E-state index in [0.717, 1.165) is 68.5 Å². The lowest BCUT2D eigenvalue weighted by molar-refractivity contribution is -0.161. The van der Waals surface area contributed by atoms with Gasteiger partial charge in [-0.05, 0) is 132 Å². The predicted octanol–water partition coefficient (Wildman–Crippen LogP) is 6.24. The number of piperidine rings is 2. The average Bonchev–Trinajstić information content (AvgIpc) is 2.00. The third-order valence-corrected chi connectivity index (χ3v) is 17.2. The van der Waals surface area contributed by atoms with E-state index < -0.39 is 56.4 Å². The van der Waals surface area contributed by atoms with Crippen LogP contribution in [0.15, 0.2) is 67.1 Å². The van der Waals surface area contributed by atoms with Crippen LogP contribution in [-0.4, -0.2) is 149 Å². The number of fused-ring (bicyclic) bond motifs is 4. The first-order valence-electron chi connectivity index (χ1n) is 28.6. The lowest BCUT2D eigenvalue weighted by Gasteiger charge is -2.48. The second-order valence-corrected chi connectivity index (χ2v) is 24.5. The fourth-order valence-electron chi connectivity index (χ4n) is 13.1. The summed E-state index contributed by atoms with van der Waals surface area (Å²) in [6.45, 7) is 17.1. The number of anilines is 5. The minimum atomic E-state index is -5.08. The van der Waals surface area contributed by atoms with Gasteiger partial charge in [-0.25, -0.2) is 19.5 Å². The maximum atomic E-state index is 14.3. The fraction of sp³-hybridized carbons (Fsp3) is 0.474. The normalized spacial score (nSPS) is 23.6. The molecular formula is C57H68N11O11P. The highest BCUT2D eigenvalue weighted by Crippen LogP contribution is 2.44. The molecule has 0 bridgehead atoms. The zero-order chi connectivity index (χ0) is 59.4. The minimum absolute atomic E-state index is 0.0586. The number of ether oxygens (including phenoxy) is 1. The molecule has 5 atom stereocenters. The Labute approximate surface area is 468 Å². The molecule has 23 heteroatoms. The number of pyridine rings is 3. The molecule has 4 N–H and O–H groups in total. The van der Waals surface area contributed by atoms with Crippen molar-refractivity contribution in [1.29, 1.82) is 0 Å². The van der Waals surface area contributed by atoms with E-state index in [1.165, 1.54) is 17.5 Å². The number of aliphatic hydroxyl groups is 1. The number of piperazine rings is 1. The second kappa shape index (κ2) is 20.5. The Bertz CT molecular complexity index is 3510. The number of methoxy groups -OCH3 is 1. The summed E-state index contributed by atoms with van der Waals surface area (Å²) in [5.41, 5.74) is 5.19. The standard InChI is InChI=1S/C57H68N11O11P/c1-32-23-37(16-18-63(32)38-9-11-41-42(26-38)53(71)68(52(41)70)44-12-14-48(69)67(55(44)73)34(3)79-80(75,76)77)62-19-20-64(33(2)31-62)39-10-13-47(59-30-39)61-43-24-36(29-60-51(43)78-8)40-15-17-58-50(49(40)57(6,7)74)66-22-21-65-45(54(66)72)25-35-27-56(4,5)28-46(35)65/h9-11,13,15,17,24-26,29-30,32-34,37,44,74H,12,14,16,18-23,27-28,31H2,1-8H3,(H,59,61)(H2,75,76,77)/t32-,33-,34?,37?,44-/m0/s1/i8D3. The largest absolute Gasteiger partial charge is 0.480 e. The zero-order valence-electron chi connectivity index (χ0n) is 48.7. The van der Waals surface area contributed by atoms with Crippen molar-refractivity contribution in [3.05, 3.63) is 101 Å². The Hall–Kier alpha value is -7.07. The summed E-state index contributed by atoms with van der Waals surface area (Å²) in [6.07, 6.45) is 6.26. The molecule has 11 rings (SSSR count). The molecule has 422 valence electrons. The van der Waals surface area contributed by atoms with Crippen molar-refractivity contribution >= 4 is 66.1 Å². The van der Waals surface area contributed by atoms with E-state index in [-0.39, 0.29) is 65.0 Å². The molecule has 3 fully saturated rings. The van der Waals surface area contributed by atoms with Gasteiger partial charge in [0.15, 0.2) is 0 Å². The lowest BCUT2D eigenvalue weighted by Crippen LogP contribution is -2.58. The first-order chi connectivity index (χ1) is 39.0. The van der Waals surface area contributed by atoms with Crippen molar-refractivity contribution in [3.8, 4) is 17.0 Å². The highest BCUT2D eigenvalue weighted by molar-refractivity contribution is 7.46. The van der Waals surface area contributed by atoms with Crippen LogP contribution in [0.25, 0.3) is 11.1 Å². The van der Waals surface area contributed by atoms with Crippen molar-refractivity contribution < 1.29 is 56.8 Å². The first-order valence-corrected chi connectivity index (χ1v) is 28.6. The van der Waals surface area contributed by atoms with Crippen LogP contribution in [-0.2, 0) is 43.7 Å². The van der Waals surface area contributed by atoms with E-state index in [2.05, 4.69) is 61.8 Å². The molecule has 5 aromatic rings. The van der Waals surface area contributed by atoms with Crippen LogP contribution in [0.5, 0.6) is 5.88 Å². The smallest absolute Gasteiger partial charge is 0.471 e. The maximum Gasteiger partial charge on any atom is 0.471 e. The Kier molecular flexibility index (Phi) is 13.1. The highest BCUT2D eigenvalue weighted by Gasteiger charge is 2.49. The molecule has 5 amide bonds. The number of imide groups is 2. The topological polar surface area (TPSA) is 257 Å². The lowest BCUT2D eigenvalue weighted by atomic mass is 9.89. The number of rotatable bonds is 13. The fourth-order valence-corrected chi connectivity index (χ4v) is 13.6.